The van der Waals surface area contributed by atoms with Gasteiger partial charge < -0.3 is 10.1 Å². The Morgan fingerprint density at radius 2 is 1.86 bits per heavy atom. The van der Waals surface area contributed by atoms with Crippen LogP contribution in [0, 0.1) is 6.92 Å². The molecule has 35 heavy (non-hydrogen) atoms. The van der Waals surface area contributed by atoms with Crippen molar-refractivity contribution < 1.29 is 17.9 Å². The molecule has 0 unspecified atom stereocenters. The van der Waals surface area contributed by atoms with E-state index in [-0.39, 0.29) is 16.1 Å². The van der Waals surface area contributed by atoms with E-state index in [2.05, 4.69) is 15.1 Å². The van der Waals surface area contributed by atoms with Crippen LogP contribution in [0.2, 0.25) is 0 Å². The summed E-state index contributed by atoms with van der Waals surface area (Å²) in [6.07, 6.45) is 2.13. The number of methoxy groups -OCH3 is 1. The average Bonchev–Trinajstić information content (AvgIpc) is 3.17. The first-order chi connectivity index (χ1) is 16.8. The normalized spacial score (nSPS) is 11.4. The number of aromatic nitrogens is 3. The molecule has 4 aromatic rings. The number of nitrogens with zero attached hydrogens (tertiary/aromatic N) is 3. The highest BCUT2D eigenvalue weighted by Crippen LogP contribution is 2.21. The van der Waals surface area contributed by atoms with Crippen LogP contribution in [0.25, 0.3) is 5.65 Å². The average molecular weight is 496 g/mol. The Labute approximate surface area is 202 Å². The number of amides is 1. The van der Waals surface area contributed by atoms with Gasteiger partial charge in [-0.05, 0) is 67.4 Å². The Hall–Kier alpha value is -4.12. The molecule has 11 heteroatoms. The van der Waals surface area contributed by atoms with Crippen LogP contribution in [-0.4, -0.2) is 42.2 Å². The number of carbonyl (C=O) groups excluding carboxylic acids is 1. The fourth-order valence-corrected chi connectivity index (χ4v) is 4.61. The third kappa shape index (κ3) is 5.35. The van der Waals surface area contributed by atoms with Crippen molar-refractivity contribution in [3.05, 3.63) is 88.5 Å². The van der Waals surface area contributed by atoms with Crippen LogP contribution in [0.15, 0.2) is 76.6 Å². The first kappa shape index (κ1) is 24.0. The molecular weight excluding hydrogens is 470 g/mol. The highest BCUT2D eigenvalue weighted by molar-refractivity contribution is 7.92. The second-order valence-corrected chi connectivity index (χ2v) is 9.54. The highest BCUT2D eigenvalue weighted by Gasteiger charge is 2.18. The highest BCUT2D eigenvalue weighted by atomic mass is 32.2. The fraction of sp³-hybridized carbons (Fsp3) is 0.208. The van der Waals surface area contributed by atoms with Gasteiger partial charge in [-0.25, -0.2) is 17.9 Å². The minimum Gasteiger partial charge on any atom is -0.497 e. The van der Waals surface area contributed by atoms with Crippen LogP contribution in [0.3, 0.4) is 0 Å². The number of carbonyl (C=O) groups is 1. The topological polar surface area (TPSA) is 124 Å². The first-order valence-electron chi connectivity index (χ1n) is 10.9. The maximum Gasteiger partial charge on any atom is 0.350 e. The van der Waals surface area contributed by atoms with Gasteiger partial charge in [-0.2, -0.15) is 0 Å². The van der Waals surface area contributed by atoms with Crippen LogP contribution in [-0.2, 0) is 16.6 Å². The van der Waals surface area contributed by atoms with Crippen molar-refractivity contribution in [3.8, 4) is 5.75 Å². The Morgan fingerprint density at radius 3 is 2.57 bits per heavy atom. The van der Waals surface area contributed by atoms with Gasteiger partial charge in [-0.3, -0.25) is 13.9 Å². The van der Waals surface area contributed by atoms with E-state index in [0.29, 0.717) is 42.2 Å². The molecule has 0 spiro atoms. The minimum absolute atomic E-state index is 0.0275. The molecule has 0 saturated carbocycles. The number of hydrogen-bond donors (Lipinski definition) is 2. The number of nitrogens with one attached hydrogen (secondary N) is 2. The summed E-state index contributed by atoms with van der Waals surface area (Å²) in [5.74, 6) is 0.208. The van der Waals surface area contributed by atoms with Crippen LogP contribution in [0.5, 0.6) is 5.75 Å². The van der Waals surface area contributed by atoms with Gasteiger partial charge in [0.15, 0.2) is 5.65 Å². The predicted octanol–water partition coefficient (Wildman–Crippen LogP) is 2.43. The smallest absolute Gasteiger partial charge is 0.350 e. The number of pyridine rings is 1. The predicted molar refractivity (Wildman–Crippen MR) is 131 cm³/mol. The molecule has 2 N–H and O–H groups in total. The van der Waals surface area contributed by atoms with Crippen LogP contribution < -0.4 is 20.5 Å². The molecule has 182 valence electrons. The summed E-state index contributed by atoms with van der Waals surface area (Å²) in [6, 6.07) is 16.2. The second-order valence-electron chi connectivity index (χ2n) is 7.85. The Kier molecular flexibility index (Phi) is 6.87. The summed E-state index contributed by atoms with van der Waals surface area (Å²) in [5, 5.41) is 7.04. The van der Waals surface area contributed by atoms with Crippen molar-refractivity contribution in [2.45, 2.75) is 24.8 Å². The molecule has 0 fully saturated rings. The number of anilines is 1. The van der Waals surface area contributed by atoms with Crippen LogP contribution in [0.4, 0.5) is 5.69 Å². The lowest BCUT2D eigenvalue weighted by Crippen LogP contribution is -2.28. The lowest BCUT2D eigenvalue weighted by molar-refractivity contribution is 0.0951. The van der Waals surface area contributed by atoms with E-state index in [9.17, 15) is 18.0 Å². The van der Waals surface area contributed by atoms with Crippen molar-refractivity contribution in [3.63, 3.8) is 0 Å². The molecule has 0 atom stereocenters. The molecule has 2 aromatic heterocycles. The maximum absolute atomic E-state index is 12.8. The molecule has 0 aliphatic carbocycles. The summed E-state index contributed by atoms with van der Waals surface area (Å²) in [7, 11) is -2.38. The third-order valence-corrected chi connectivity index (χ3v) is 6.81. The molecule has 0 aliphatic rings. The number of sulfonamides is 1. The lowest BCUT2D eigenvalue weighted by Gasteiger charge is -2.12. The SMILES string of the molecule is COc1ccc(NS(=O)(=O)c2ccc(C)c(C(=O)NCCCn3nc4ccccn4c3=O)c2)cc1. The molecule has 1 amide bonds. The second kappa shape index (κ2) is 10.0. The van der Waals surface area contributed by atoms with Crippen molar-refractivity contribution in [2.24, 2.45) is 0 Å². The minimum atomic E-state index is -3.90. The molecule has 2 heterocycles. The molecular formula is C24H25N5O5S. The Balaban J connectivity index is 1.40. The number of rotatable bonds is 9. The number of aryl methyl sites for hydroxylation is 2. The van der Waals surface area contributed by atoms with Crippen molar-refractivity contribution in [1.82, 2.24) is 19.5 Å². The Bertz CT molecular complexity index is 1520. The summed E-state index contributed by atoms with van der Waals surface area (Å²) in [4.78, 5) is 25.1. The molecule has 0 aliphatic heterocycles. The molecule has 4 rings (SSSR count). The van der Waals surface area contributed by atoms with Crippen molar-refractivity contribution in [1.29, 1.82) is 0 Å². The summed E-state index contributed by atoms with van der Waals surface area (Å²) in [6.45, 7) is 2.36. The van der Waals surface area contributed by atoms with E-state index in [0.717, 1.165) is 0 Å². The zero-order valence-corrected chi connectivity index (χ0v) is 20.1. The molecule has 0 bridgehead atoms. The van der Waals surface area contributed by atoms with E-state index >= 15 is 0 Å². The van der Waals surface area contributed by atoms with Crippen LogP contribution in [0.1, 0.15) is 22.3 Å². The van der Waals surface area contributed by atoms with E-state index in [1.54, 1.807) is 61.7 Å². The molecule has 0 saturated heterocycles. The largest absolute Gasteiger partial charge is 0.497 e. The zero-order chi connectivity index (χ0) is 25.0. The van der Waals surface area contributed by atoms with Gasteiger partial charge in [-0.1, -0.05) is 12.1 Å². The van der Waals surface area contributed by atoms with E-state index in [1.807, 2.05) is 0 Å². The third-order valence-electron chi connectivity index (χ3n) is 5.43. The van der Waals surface area contributed by atoms with Gasteiger partial charge >= 0.3 is 5.69 Å². The van der Waals surface area contributed by atoms with E-state index in [1.165, 1.54) is 28.3 Å². The lowest BCUT2D eigenvalue weighted by atomic mass is 10.1. The van der Waals surface area contributed by atoms with Crippen molar-refractivity contribution >= 4 is 27.3 Å². The van der Waals surface area contributed by atoms with Crippen LogP contribution >= 0.6 is 0 Å². The fourth-order valence-electron chi connectivity index (χ4n) is 3.53. The molecule has 0 radical (unpaired) electrons. The van der Waals surface area contributed by atoms with E-state index < -0.39 is 15.9 Å². The van der Waals surface area contributed by atoms with Gasteiger partial charge in [0.05, 0.1) is 12.0 Å². The standard InChI is InChI=1S/C24H25N5O5S/c1-17-7-12-20(35(32,33)27-18-8-10-19(34-2)11-9-18)16-21(17)23(30)25-13-5-15-29-24(31)28-14-4-3-6-22(28)26-29/h3-4,6-12,14,16,27H,5,13,15H2,1-2H3,(H,25,30). The monoisotopic (exact) mass is 495 g/mol. The number of hydrogen-bond acceptors (Lipinski definition) is 6. The quantitative estimate of drug-likeness (QED) is 0.344. The van der Waals surface area contributed by atoms with Gasteiger partial charge in [0.25, 0.3) is 15.9 Å². The molecule has 10 nitrogen and oxygen atoms in total. The summed E-state index contributed by atoms with van der Waals surface area (Å²) >= 11 is 0. The maximum atomic E-state index is 12.8. The van der Waals surface area contributed by atoms with Crippen molar-refractivity contribution in [2.75, 3.05) is 18.4 Å². The molecule has 2 aromatic carbocycles. The first-order valence-corrected chi connectivity index (χ1v) is 12.4. The Morgan fingerprint density at radius 1 is 1.09 bits per heavy atom. The van der Waals surface area contributed by atoms with E-state index in [4.69, 9.17) is 4.74 Å². The summed E-state index contributed by atoms with van der Waals surface area (Å²) < 4.78 is 36.1. The van der Waals surface area contributed by atoms with Gasteiger partial charge in [0, 0.05) is 30.5 Å². The van der Waals surface area contributed by atoms with Gasteiger partial charge in [0.2, 0.25) is 0 Å². The summed E-state index contributed by atoms with van der Waals surface area (Å²) in [5.41, 5.74) is 1.58. The van der Waals surface area contributed by atoms with Gasteiger partial charge in [-0.15, -0.1) is 5.10 Å². The van der Waals surface area contributed by atoms with Gasteiger partial charge in [0.1, 0.15) is 5.75 Å². The number of benzene rings is 2. The number of ether oxygens (including phenoxy) is 1. The number of fused-ring (bicyclic) bond motifs is 1. The zero-order valence-electron chi connectivity index (χ0n) is 19.3.